The molecule has 0 radical (unpaired) electrons. The molecule has 0 amide bonds. The molecule has 5 N–H and O–H groups in total. The smallest absolute Gasteiger partial charge is 0.126 e. The van der Waals surface area contributed by atoms with Crippen LogP contribution in [0.3, 0.4) is 0 Å². The molecule has 0 bridgehead atoms. The standard InChI is InChI=1S/C3H10FN3/c4-3(1-5)2-7-6/h3,7H,1-2,5-6H2. The summed E-state index contributed by atoms with van der Waals surface area (Å²) in [6.45, 7) is 0.167. The molecular weight excluding hydrogens is 97.1 g/mol. The molecule has 0 aliphatic rings. The molecule has 0 aromatic carbocycles. The molecule has 4 heteroatoms. The number of hydrazine groups is 1. The third kappa shape index (κ3) is 3.65. The molecule has 0 aliphatic carbocycles. The van der Waals surface area contributed by atoms with E-state index in [0.29, 0.717) is 0 Å². The summed E-state index contributed by atoms with van der Waals surface area (Å²) in [5.74, 6) is 4.76. The van der Waals surface area contributed by atoms with Gasteiger partial charge in [-0.2, -0.15) is 0 Å². The molecule has 3 nitrogen and oxygen atoms in total. The van der Waals surface area contributed by atoms with E-state index >= 15 is 0 Å². The molecule has 0 aliphatic heterocycles. The number of nitrogens with two attached hydrogens (primary N) is 2. The number of hydrogen-bond acceptors (Lipinski definition) is 3. The molecule has 0 rings (SSSR count). The lowest BCUT2D eigenvalue weighted by Gasteiger charge is -2.00. The van der Waals surface area contributed by atoms with Gasteiger partial charge in [-0.3, -0.25) is 11.3 Å². The summed E-state index contributed by atoms with van der Waals surface area (Å²) in [4.78, 5) is 0. The van der Waals surface area contributed by atoms with Crippen molar-refractivity contribution in [3.63, 3.8) is 0 Å². The van der Waals surface area contributed by atoms with E-state index in [4.69, 9.17) is 11.6 Å². The lowest BCUT2D eigenvalue weighted by Crippen LogP contribution is -2.33. The maximum atomic E-state index is 11.9. The van der Waals surface area contributed by atoms with Gasteiger partial charge in [0.2, 0.25) is 0 Å². The van der Waals surface area contributed by atoms with E-state index in [1.807, 2.05) is 0 Å². The van der Waals surface area contributed by atoms with Gasteiger partial charge in [0.1, 0.15) is 6.17 Å². The molecule has 0 fully saturated rings. The SMILES string of the molecule is NCC(F)CNN. The highest BCUT2D eigenvalue weighted by Crippen LogP contribution is 1.79. The first-order valence-electron chi connectivity index (χ1n) is 2.09. The second-order valence-electron chi connectivity index (χ2n) is 1.24. The number of halogens is 1. The monoisotopic (exact) mass is 107 g/mol. The van der Waals surface area contributed by atoms with Gasteiger partial charge in [-0.05, 0) is 0 Å². The Labute approximate surface area is 41.8 Å². The Hall–Kier alpha value is -0.190. The maximum Gasteiger partial charge on any atom is 0.126 e. The van der Waals surface area contributed by atoms with E-state index in [-0.39, 0.29) is 13.1 Å². The molecule has 7 heavy (non-hydrogen) atoms. The van der Waals surface area contributed by atoms with Crippen molar-refractivity contribution in [3.05, 3.63) is 0 Å². The summed E-state index contributed by atoms with van der Waals surface area (Å²) in [6, 6.07) is 0. The van der Waals surface area contributed by atoms with Crippen LogP contribution in [-0.2, 0) is 0 Å². The van der Waals surface area contributed by atoms with Gasteiger partial charge in [0, 0.05) is 13.1 Å². The van der Waals surface area contributed by atoms with E-state index in [1.165, 1.54) is 0 Å². The molecule has 0 aromatic heterocycles. The predicted molar refractivity (Wildman–Crippen MR) is 26.1 cm³/mol. The highest BCUT2D eigenvalue weighted by atomic mass is 19.1. The lowest BCUT2D eigenvalue weighted by molar-refractivity contribution is 0.328. The van der Waals surface area contributed by atoms with Gasteiger partial charge in [0.25, 0.3) is 0 Å². The zero-order valence-corrected chi connectivity index (χ0v) is 4.02. The van der Waals surface area contributed by atoms with Crippen LogP contribution < -0.4 is 17.0 Å². The average Bonchev–Trinajstić information content (AvgIpc) is 1.68. The van der Waals surface area contributed by atoms with Crippen LogP contribution in [-0.4, -0.2) is 19.3 Å². The van der Waals surface area contributed by atoms with Gasteiger partial charge in [-0.15, -0.1) is 0 Å². The molecule has 0 saturated heterocycles. The number of hydrogen-bond donors (Lipinski definition) is 3. The van der Waals surface area contributed by atoms with Crippen LogP contribution in [0.2, 0.25) is 0 Å². The zero-order chi connectivity index (χ0) is 5.70. The fraction of sp³-hybridized carbons (Fsp3) is 1.00. The number of alkyl halides is 1. The summed E-state index contributed by atoms with van der Waals surface area (Å²) in [6.07, 6.45) is -1.01. The largest absolute Gasteiger partial charge is 0.328 e. The number of rotatable bonds is 3. The molecule has 0 aromatic rings. The summed E-state index contributed by atoms with van der Waals surface area (Å²) in [7, 11) is 0. The van der Waals surface area contributed by atoms with E-state index in [2.05, 4.69) is 5.43 Å². The van der Waals surface area contributed by atoms with Crippen LogP contribution in [0, 0.1) is 0 Å². The highest BCUT2D eigenvalue weighted by molar-refractivity contribution is 4.55. The molecule has 0 spiro atoms. The first-order valence-corrected chi connectivity index (χ1v) is 2.09. The fourth-order valence-corrected chi connectivity index (χ4v) is 0.211. The van der Waals surface area contributed by atoms with Crippen molar-refractivity contribution in [2.45, 2.75) is 6.17 Å². The van der Waals surface area contributed by atoms with Gasteiger partial charge in [0.05, 0.1) is 0 Å². The Morgan fingerprint density at radius 1 is 1.71 bits per heavy atom. The van der Waals surface area contributed by atoms with E-state index in [0.717, 1.165) is 0 Å². The van der Waals surface area contributed by atoms with Crippen LogP contribution in [0.1, 0.15) is 0 Å². The topological polar surface area (TPSA) is 64.1 Å². The first-order chi connectivity index (χ1) is 3.31. The van der Waals surface area contributed by atoms with E-state index in [1.54, 1.807) is 0 Å². The summed E-state index contributed by atoms with van der Waals surface area (Å²) in [5, 5.41) is 0. The second-order valence-corrected chi connectivity index (χ2v) is 1.24. The van der Waals surface area contributed by atoms with Crippen LogP contribution in [0.25, 0.3) is 0 Å². The minimum absolute atomic E-state index is 0.0319. The molecule has 0 heterocycles. The average molecular weight is 107 g/mol. The Morgan fingerprint density at radius 2 is 2.29 bits per heavy atom. The van der Waals surface area contributed by atoms with Gasteiger partial charge in [-0.1, -0.05) is 0 Å². The third-order valence-corrected chi connectivity index (χ3v) is 0.595. The summed E-state index contributed by atoms with van der Waals surface area (Å²) in [5.41, 5.74) is 7.05. The van der Waals surface area contributed by atoms with Gasteiger partial charge in [0.15, 0.2) is 0 Å². The van der Waals surface area contributed by atoms with Gasteiger partial charge in [-0.25, -0.2) is 4.39 Å². The van der Waals surface area contributed by atoms with Gasteiger partial charge >= 0.3 is 0 Å². The van der Waals surface area contributed by atoms with Crippen molar-refractivity contribution in [1.82, 2.24) is 5.43 Å². The van der Waals surface area contributed by atoms with Crippen molar-refractivity contribution in [1.29, 1.82) is 0 Å². The first kappa shape index (κ1) is 6.81. The van der Waals surface area contributed by atoms with Crippen molar-refractivity contribution in [2.75, 3.05) is 13.1 Å². The van der Waals surface area contributed by atoms with Crippen molar-refractivity contribution >= 4 is 0 Å². The molecule has 44 valence electrons. The minimum atomic E-state index is -1.01. The Balaban J connectivity index is 2.83. The Morgan fingerprint density at radius 3 is 2.43 bits per heavy atom. The molecule has 0 saturated carbocycles. The summed E-state index contributed by atoms with van der Waals surface area (Å²) < 4.78 is 11.9. The molecule has 1 atom stereocenters. The second kappa shape index (κ2) is 3.98. The van der Waals surface area contributed by atoms with Crippen LogP contribution in [0.4, 0.5) is 4.39 Å². The minimum Gasteiger partial charge on any atom is -0.328 e. The lowest BCUT2D eigenvalue weighted by atomic mass is 10.4. The van der Waals surface area contributed by atoms with E-state index < -0.39 is 6.17 Å². The van der Waals surface area contributed by atoms with Crippen LogP contribution in [0.15, 0.2) is 0 Å². The zero-order valence-electron chi connectivity index (χ0n) is 4.02. The predicted octanol–water partition coefficient (Wildman–Crippen LogP) is -1.25. The normalized spacial score (nSPS) is 14.1. The Bertz CT molecular complexity index is 41.2. The quantitative estimate of drug-likeness (QED) is 0.312. The van der Waals surface area contributed by atoms with Crippen LogP contribution in [0.5, 0.6) is 0 Å². The fourth-order valence-electron chi connectivity index (χ4n) is 0.211. The van der Waals surface area contributed by atoms with Crippen molar-refractivity contribution in [3.8, 4) is 0 Å². The Kier molecular flexibility index (Phi) is 3.87. The molecule has 1 unspecified atom stereocenters. The summed E-state index contributed by atoms with van der Waals surface area (Å²) >= 11 is 0. The maximum absolute atomic E-state index is 11.9. The van der Waals surface area contributed by atoms with E-state index in [9.17, 15) is 4.39 Å². The van der Waals surface area contributed by atoms with Crippen molar-refractivity contribution < 1.29 is 4.39 Å². The van der Waals surface area contributed by atoms with Gasteiger partial charge < -0.3 is 5.73 Å². The highest BCUT2D eigenvalue weighted by Gasteiger charge is 1.97. The third-order valence-electron chi connectivity index (χ3n) is 0.595. The van der Waals surface area contributed by atoms with Crippen molar-refractivity contribution in [2.24, 2.45) is 11.6 Å². The number of nitrogens with one attached hydrogen (secondary N) is 1. The van der Waals surface area contributed by atoms with Crippen LogP contribution >= 0.6 is 0 Å². The molecular formula is C3H10FN3.